The average molecular weight is 429 g/mol. The third kappa shape index (κ3) is 5.25. The van der Waals surface area contributed by atoms with Crippen molar-refractivity contribution in [1.82, 2.24) is 15.5 Å². The quantitative estimate of drug-likeness (QED) is 0.709. The van der Waals surface area contributed by atoms with Gasteiger partial charge in [-0.05, 0) is 42.8 Å². The molecule has 166 valence electrons. The summed E-state index contributed by atoms with van der Waals surface area (Å²) in [6, 6.07) is 11.2. The zero-order chi connectivity index (χ0) is 22.4. The van der Waals surface area contributed by atoms with Gasteiger partial charge in [0.05, 0.1) is 20.1 Å². The normalized spacial score (nSPS) is 17.9. The Kier molecular flexibility index (Phi) is 7.33. The zero-order valence-electron chi connectivity index (χ0n) is 18.0. The number of halogens is 1. The molecule has 0 aliphatic carbocycles. The number of hydrogen-bond donors (Lipinski definition) is 2. The van der Waals surface area contributed by atoms with Crippen LogP contribution in [0.25, 0.3) is 0 Å². The molecule has 1 heterocycles. The van der Waals surface area contributed by atoms with E-state index in [1.165, 1.54) is 12.1 Å². The van der Waals surface area contributed by atoms with Crippen molar-refractivity contribution < 1.29 is 23.5 Å². The first-order valence-electron chi connectivity index (χ1n) is 10.2. The summed E-state index contributed by atoms with van der Waals surface area (Å²) < 4.78 is 24.0. The van der Waals surface area contributed by atoms with Gasteiger partial charge in [-0.25, -0.2) is 9.18 Å². The van der Waals surface area contributed by atoms with Crippen molar-refractivity contribution in [3.8, 4) is 11.5 Å². The van der Waals surface area contributed by atoms with E-state index in [2.05, 4.69) is 10.6 Å². The standard InChI is InChI=1S/C23H28FN3O4/c1-4-25-23(29)27-13-19(18-11-17(30-2)9-10-21(18)31-3)20(14-27)22(28)26-12-15-5-7-16(24)8-6-15/h5-11,19-20H,4,12-14H2,1-3H3,(H,25,29)(H,26,28). The van der Waals surface area contributed by atoms with Gasteiger partial charge < -0.3 is 25.0 Å². The fourth-order valence-electron chi connectivity index (χ4n) is 3.87. The second-order valence-corrected chi connectivity index (χ2v) is 7.41. The van der Waals surface area contributed by atoms with Crippen LogP contribution < -0.4 is 20.1 Å². The van der Waals surface area contributed by atoms with Crippen molar-refractivity contribution >= 4 is 11.9 Å². The maximum atomic E-state index is 13.1. The predicted molar refractivity (Wildman–Crippen MR) is 115 cm³/mol. The SMILES string of the molecule is CCNC(=O)N1CC(C(=O)NCc2ccc(F)cc2)C(c2cc(OC)ccc2OC)C1. The second-order valence-electron chi connectivity index (χ2n) is 7.41. The third-order valence-electron chi connectivity index (χ3n) is 5.49. The van der Waals surface area contributed by atoms with Gasteiger partial charge in [0.25, 0.3) is 0 Å². The molecule has 2 atom stereocenters. The number of amides is 3. The molecule has 3 amide bonds. The summed E-state index contributed by atoms with van der Waals surface area (Å²) in [5.41, 5.74) is 1.61. The summed E-state index contributed by atoms with van der Waals surface area (Å²) in [6.45, 7) is 3.29. The van der Waals surface area contributed by atoms with Crippen LogP contribution in [-0.2, 0) is 11.3 Å². The van der Waals surface area contributed by atoms with Crippen LogP contribution in [-0.4, -0.2) is 50.7 Å². The van der Waals surface area contributed by atoms with Gasteiger partial charge in [0.15, 0.2) is 0 Å². The summed E-state index contributed by atoms with van der Waals surface area (Å²) in [4.78, 5) is 27.3. The number of rotatable bonds is 7. The summed E-state index contributed by atoms with van der Waals surface area (Å²) in [5, 5.41) is 5.72. The lowest BCUT2D eigenvalue weighted by atomic mass is 9.87. The van der Waals surface area contributed by atoms with Crippen LogP contribution >= 0.6 is 0 Å². The van der Waals surface area contributed by atoms with Gasteiger partial charge in [0.2, 0.25) is 5.91 Å². The van der Waals surface area contributed by atoms with Gasteiger partial charge in [-0.3, -0.25) is 4.79 Å². The number of urea groups is 1. The van der Waals surface area contributed by atoms with E-state index >= 15 is 0 Å². The molecule has 2 aromatic rings. The molecule has 0 aromatic heterocycles. The first-order chi connectivity index (χ1) is 15.0. The molecule has 2 unspecified atom stereocenters. The van der Waals surface area contributed by atoms with Crippen LogP contribution in [0.15, 0.2) is 42.5 Å². The fraction of sp³-hybridized carbons (Fsp3) is 0.391. The largest absolute Gasteiger partial charge is 0.497 e. The molecule has 2 N–H and O–H groups in total. The van der Waals surface area contributed by atoms with Crippen molar-refractivity contribution in [2.45, 2.75) is 19.4 Å². The van der Waals surface area contributed by atoms with E-state index in [9.17, 15) is 14.0 Å². The molecule has 31 heavy (non-hydrogen) atoms. The Balaban J connectivity index is 1.84. The van der Waals surface area contributed by atoms with Crippen molar-refractivity contribution in [2.75, 3.05) is 33.9 Å². The van der Waals surface area contributed by atoms with Crippen LogP contribution in [0.4, 0.5) is 9.18 Å². The number of hydrogen-bond acceptors (Lipinski definition) is 4. The Bertz CT molecular complexity index is 920. The molecule has 1 aliphatic rings. The van der Waals surface area contributed by atoms with Crippen LogP contribution in [0.5, 0.6) is 11.5 Å². The zero-order valence-corrected chi connectivity index (χ0v) is 18.0. The summed E-state index contributed by atoms with van der Waals surface area (Å²) >= 11 is 0. The topological polar surface area (TPSA) is 79.9 Å². The summed E-state index contributed by atoms with van der Waals surface area (Å²) in [6.07, 6.45) is 0. The predicted octanol–water partition coefficient (Wildman–Crippen LogP) is 2.90. The minimum Gasteiger partial charge on any atom is -0.497 e. The van der Waals surface area contributed by atoms with Gasteiger partial charge in [-0.2, -0.15) is 0 Å². The number of nitrogens with one attached hydrogen (secondary N) is 2. The number of methoxy groups -OCH3 is 2. The molecular weight excluding hydrogens is 401 g/mol. The highest BCUT2D eigenvalue weighted by atomic mass is 19.1. The van der Waals surface area contributed by atoms with E-state index < -0.39 is 5.92 Å². The number of carbonyl (C=O) groups excluding carboxylic acids is 2. The highest BCUT2D eigenvalue weighted by molar-refractivity contribution is 5.83. The Morgan fingerprint density at radius 3 is 2.45 bits per heavy atom. The molecule has 1 aliphatic heterocycles. The van der Waals surface area contributed by atoms with E-state index in [1.807, 2.05) is 13.0 Å². The Hall–Kier alpha value is -3.29. The molecule has 0 saturated carbocycles. The van der Waals surface area contributed by atoms with Crippen LogP contribution in [0.2, 0.25) is 0 Å². The van der Waals surface area contributed by atoms with Gasteiger partial charge >= 0.3 is 6.03 Å². The Morgan fingerprint density at radius 2 is 1.81 bits per heavy atom. The molecular formula is C23H28FN3O4. The van der Waals surface area contributed by atoms with E-state index in [0.29, 0.717) is 24.6 Å². The lowest BCUT2D eigenvalue weighted by molar-refractivity contribution is -0.125. The van der Waals surface area contributed by atoms with E-state index in [0.717, 1.165) is 11.1 Å². The minimum absolute atomic E-state index is 0.175. The van der Waals surface area contributed by atoms with Crippen LogP contribution in [0, 0.1) is 11.7 Å². The Labute approximate surface area is 181 Å². The van der Waals surface area contributed by atoms with Gasteiger partial charge in [0, 0.05) is 37.7 Å². The molecule has 0 spiro atoms. The molecule has 7 nitrogen and oxygen atoms in total. The average Bonchev–Trinajstić information content (AvgIpc) is 3.24. The molecule has 0 bridgehead atoms. The van der Waals surface area contributed by atoms with Crippen molar-refractivity contribution in [2.24, 2.45) is 5.92 Å². The maximum Gasteiger partial charge on any atom is 0.317 e. The molecule has 2 aromatic carbocycles. The smallest absolute Gasteiger partial charge is 0.317 e. The molecule has 8 heteroatoms. The monoisotopic (exact) mass is 429 g/mol. The third-order valence-corrected chi connectivity index (χ3v) is 5.49. The number of ether oxygens (including phenoxy) is 2. The fourth-order valence-corrected chi connectivity index (χ4v) is 3.87. The van der Waals surface area contributed by atoms with E-state index in [4.69, 9.17) is 9.47 Å². The van der Waals surface area contributed by atoms with Gasteiger partial charge in [-0.15, -0.1) is 0 Å². The number of likely N-dealkylation sites (tertiary alicyclic amines) is 1. The molecule has 1 saturated heterocycles. The highest BCUT2D eigenvalue weighted by Crippen LogP contribution is 2.39. The van der Waals surface area contributed by atoms with Crippen molar-refractivity contribution in [1.29, 1.82) is 0 Å². The summed E-state index contributed by atoms with van der Waals surface area (Å²) in [7, 11) is 3.15. The van der Waals surface area contributed by atoms with Crippen LogP contribution in [0.3, 0.4) is 0 Å². The van der Waals surface area contributed by atoms with Gasteiger partial charge in [-0.1, -0.05) is 12.1 Å². The Morgan fingerprint density at radius 1 is 1.06 bits per heavy atom. The summed E-state index contributed by atoms with van der Waals surface area (Å²) in [5.74, 6) is 0.0576. The van der Waals surface area contributed by atoms with Crippen molar-refractivity contribution in [3.63, 3.8) is 0 Å². The van der Waals surface area contributed by atoms with Crippen molar-refractivity contribution in [3.05, 3.63) is 59.4 Å². The molecule has 3 rings (SSSR count). The first kappa shape index (κ1) is 22.4. The number of carbonyl (C=O) groups is 2. The van der Waals surface area contributed by atoms with E-state index in [1.54, 1.807) is 43.4 Å². The van der Waals surface area contributed by atoms with Gasteiger partial charge in [0.1, 0.15) is 17.3 Å². The first-order valence-corrected chi connectivity index (χ1v) is 10.2. The maximum absolute atomic E-state index is 13.1. The molecule has 0 radical (unpaired) electrons. The number of benzene rings is 2. The minimum atomic E-state index is -0.468. The lowest BCUT2D eigenvalue weighted by Crippen LogP contribution is -2.39. The lowest BCUT2D eigenvalue weighted by Gasteiger charge is -2.21. The molecule has 1 fully saturated rings. The van der Waals surface area contributed by atoms with E-state index in [-0.39, 0.29) is 36.8 Å². The highest BCUT2D eigenvalue weighted by Gasteiger charge is 2.41. The van der Waals surface area contributed by atoms with Crippen LogP contribution in [0.1, 0.15) is 24.0 Å². The number of nitrogens with zero attached hydrogens (tertiary/aromatic N) is 1. The second kappa shape index (κ2) is 10.1.